The Bertz CT molecular complexity index is 336. The number of nitrogens with zero attached hydrogens (tertiary/aromatic N) is 1. The summed E-state index contributed by atoms with van der Waals surface area (Å²) >= 11 is 5.77. The van der Waals surface area contributed by atoms with Crippen molar-refractivity contribution in [1.82, 2.24) is 10.3 Å². The van der Waals surface area contributed by atoms with E-state index in [-0.39, 0.29) is 0 Å². The zero-order valence-electron chi connectivity index (χ0n) is 7.91. The molecule has 2 aliphatic rings. The van der Waals surface area contributed by atoms with E-state index in [1.165, 1.54) is 24.9 Å². The van der Waals surface area contributed by atoms with Crippen LogP contribution in [0.2, 0.25) is 5.15 Å². The van der Waals surface area contributed by atoms with Crippen LogP contribution in [-0.2, 0) is 0 Å². The highest BCUT2D eigenvalue weighted by atomic mass is 35.5. The van der Waals surface area contributed by atoms with Crippen molar-refractivity contribution in [3.05, 3.63) is 29.0 Å². The highest BCUT2D eigenvalue weighted by Gasteiger charge is 2.39. The molecule has 2 fully saturated rings. The summed E-state index contributed by atoms with van der Waals surface area (Å²) < 4.78 is 0. The van der Waals surface area contributed by atoms with Crippen LogP contribution >= 0.6 is 11.6 Å². The molecule has 3 atom stereocenters. The quantitative estimate of drug-likeness (QED) is 0.716. The van der Waals surface area contributed by atoms with Crippen molar-refractivity contribution in [2.75, 3.05) is 6.54 Å². The van der Waals surface area contributed by atoms with Gasteiger partial charge < -0.3 is 5.32 Å². The number of pyridine rings is 1. The van der Waals surface area contributed by atoms with E-state index in [1.54, 1.807) is 0 Å². The Morgan fingerprint density at radius 2 is 2.29 bits per heavy atom. The Morgan fingerprint density at radius 3 is 2.86 bits per heavy atom. The van der Waals surface area contributed by atoms with Crippen LogP contribution in [0.1, 0.15) is 24.3 Å². The first kappa shape index (κ1) is 8.69. The largest absolute Gasteiger partial charge is 0.313 e. The molecular weight excluding hydrogens is 196 g/mol. The first-order valence-corrected chi connectivity index (χ1v) is 5.55. The lowest BCUT2D eigenvalue weighted by Gasteiger charge is -2.22. The molecule has 2 bridgehead atoms. The van der Waals surface area contributed by atoms with Crippen LogP contribution in [0.25, 0.3) is 0 Å². The van der Waals surface area contributed by atoms with Crippen molar-refractivity contribution >= 4 is 11.6 Å². The summed E-state index contributed by atoms with van der Waals surface area (Å²) in [5.41, 5.74) is 1.34. The van der Waals surface area contributed by atoms with E-state index in [9.17, 15) is 0 Å². The summed E-state index contributed by atoms with van der Waals surface area (Å²) in [6, 6.07) is 4.69. The number of fused-ring (bicyclic) bond motifs is 2. The minimum Gasteiger partial charge on any atom is -0.313 e. The Kier molecular flexibility index (Phi) is 1.99. The van der Waals surface area contributed by atoms with E-state index in [0.717, 1.165) is 5.92 Å². The van der Waals surface area contributed by atoms with Crippen molar-refractivity contribution < 1.29 is 0 Å². The molecular formula is C11H13ClN2. The molecule has 1 aromatic rings. The van der Waals surface area contributed by atoms with Crippen molar-refractivity contribution in [2.45, 2.75) is 24.8 Å². The van der Waals surface area contributed by atoms with Crippen molar-refractivity contribution in [3.8, 4) is 0 Å². The average molecular weight is 209 g/mol. The molecule has 1 aliphatic heterocycles. The fourth-order valence-corrected chi connectivity index (χ4v) is 2.94. The smallest absolute Gasteiger partial charge is 0.129 e. The van der Waals surface area contributed by atoms with Gasteiger partial charge in [-0.15, -0.1) is 0 Å². The number of halogens is 1. The summed E-state index contributed by atoms with van der Waals surface area (Å²) in [7, 11) is 0. The van der Waals surface area contributed by atoms with Gasteiger partial charge in [0.15, 0.2) is 0 Å². The van der Waals surface area contributed by atoms with Gasteiger partial charge in [-0.25, -0.2) is 4.98 Å². The average Bonchev–Trinajstić information content (AvgIpc) is 2.80. The maximum Gasteiger partial charge on any atom is 0.129 e. The van der Waals surface area contributed by atoms with Gasteiger partial charge in [0.1, 0.15) is 5.15 Å². The standard InChI is InChI=1S/C11H13ClN2/c12-11-2-1-8(6-14-11)9-3-7-4-10(9)13-5-7/h1-2,6-7,9-10,13H,3-5H2/t7-,9+,10-/m0/s1. The van der Waals surface area contributed by atoms with Gasteiger partial charge in [0.2, 0.25) is 0 Å². The second-order valence-electron chi connectivity index (χ2n) is 4.37. The van der Waals surface area contributed by atoms with E-state index < -0.39 is 0 Å². The zero-order chi connectivity index (χ0) is 9.54. The van der Waals surface area contributed by atoms with Crippen molar-refractivity contribution in [3.63, 3.8) is 0 Å². The van der Waals surface area contributed by atoms with Gasteiger partial charge in [-0.3, -0.25) is 0 Å². The maximum atomic E-state index is 5.77. The monoisotopic (exact) mass is 208 g/mol. The molecule has 1 saturated heterocycles. The third kappa shape index (κ3) is 1.33. The van der Waals surface area contributed by atoms with Crippen LogP contribution < -0.4 is 5.32 Å². The van der Waals surface area contributed by atoms with Crippen LogP contribution in [0, 0.1) is 5.92 Å². The summed E-state index contributed by atoms with van der Waals surface area (Å²) in [5.74, 6) is 1.55. The van der Waals surface area contributed by atoms with Crippen LogP contribution in [0.3, 0.4) is 0 Å². The predicted octanol–water partition coefficient (Wildman–Crippen LogP) is 2.20. The fourth-order valence-electron chi connectivity index (χ4n) is 2.83. The molecule has 3 heteroatoms. The molecule has 0 aromatic carbocycles. The molecule has 1 saturated carbocycles. The van der Waals surface area contributed by atoms with E-state index in [0.29, 0.717) is 17.1 Å². The molecule has 0 unspecified atom stereocenters. The second kappa shape index (κ2) is 3.21. The third-order valence-corrected chi connectivity index (χ3v) is 3.73. The number of piperidine rings is 1. The molecule has 1 aliphatic carbocycles. The molecule has 74 valence electrons. The Hall–Kier alpha value is -0.600. The van der Waals surface area contributed by atoms with Crippen LogP contribution in [-0.4, -0.2) is 17.6 Å². The van der Waals surface area contributed by atoms with Crippen molar-refractivity contribution in [2.24, 2.45) is 5.92 Å². The maximum absolute atomic E-state index is 5.77. The number of aromatic nitrogens is 1. The minimum absolute atomic E-state index is 0.588. The lowest BCUT2D eigenvalue weighted by molar-refractivity contribution is 0.448. The van der Waals surface area contributed by atoms with E-state index in [2.05, 4.69) is 16.4 Å². The number of hydrogen-bond donors (Lipinski definition) is 1. The summed E-state index contributed by atoms with van der Waals surface area (Å²) in [6.07, 6.45) is 4.59. The van der Waals surface area contributed by atoms with E-state index in [1.807, 2.05) is 12.3 Å². The summed E-state index contributed by atoms with van der Waals surface area (Å²) in [6.45, 7) is 1.21. The molecule has 0 amide bonds. The van der Waals surface area contributed by atoms with Crippen LogP contribution in [0.5, 0.6) is 0 Å². The first-order chi connectivity index (χ1) is 6.83. The Balaban J connectivity index is 1.86. The van der Waals surface area contributed by atoms with Gasteiger partial charge >= 0.3 is 0 Å². The Labute approximate surface area is 88.7 Å². The first-order valence-electron chi connectivity index (χ1n) is 5.18. The molecule has 3 rings (SSSR count). The summed E-state index contributed by atoms with van der Waals surface area (Å²) in [5, 5.41) is 4.15. The van der Waals surface area contributed by atoms with Crippen molar-refractivity contribution in [1.29, 1.82) is 0 Å². The molecule has 0 spiro atoms. The zero-order valence-corrected chi connectivity index (χ0v) is 8.67. The normalized spacial score (nSPS) is 35.1. The SMILES string of the molecule is Clc1ccc([C@H]2C[C@@H]3CN[C@H]2C3)cn1. The molecule has 2 nitrogen and oxygen atoms in total. The molecule has 1 N–H and O–H groups in total. The highest BCUT2D eigenvalue weighted by Crippen LogP contribution is 2.42. The predicted molar refractivity (Wildman–Crippen MR) is 56.5 cm³/mol. The van der Waals surface area contributed by atoms with E-state index in [4.69, 9.17) is 11.6 Å². The fraction of sp³-hybridized carbons (Fsp3) is 0.545. The third-order valence-electron chi connectivity index (χ3n) is 3.51. The van der Waals surface area contributed by atoms with Crippen LogP contribution in [0.15, 0.2) is 18.3 Å². The topological polar surface area (TPSA) is 24.9 Å². The van der Waals surface area contributed by atoms with Gasteiger partial charge in [0.05, 0.1) is 0 Å². The highest BCUT2D eigenvalue weighted by molar-refractivity contribution is 6.29. The molecule has 1 aromatic heterocycles. The second-order valence-corrected chi connectivity index (χ2v) is 4.76. The van der Waals surface area contributed by atoms with Gasteiger partial charge in [-0.2, -0.15) is 0 Å². The number of nitrogens with one attached hydrogen (secondary N) is 1. The van der Waals surface area contributed by atoms with Gasteiger partial charge in [0.25, 0.3) is 0 Å². The Morgan fingerprint density at radius 1 is 1.36 bits per heavy atom. The number of hydrogen-bond acceptors (Lipinski definition) is 2. The summed E-state index contributed by atoms with van der Waals surface area (Å²) in [4.78, 5) is 4.14. The lowest BCUT2D eigenvalue weighted by Crippen LogP contribution is -2.31. The molecule has 2 heterocycles. The minimum atomic E-state index is 0.588. The lowest BCUT2D eigenvalue weighted by atomic mass is 9.93. The van der Waals surface area contributed by atoms with E-state index >= 15 is 0 Å². The van der Waals surface area contributed by atoms with Crippen LogP contribution in [0.4, 0.5) is 0 Å². The van der Waals surface area contributed by atoms with Gasteiger partial charge in [0, 0.05) is 18.2 Å². The van der Waals surface area contributed by atoms with Gasteiger partial charge in [-0.05, 0) is 36.9 Å². The number of rotatable bonds is 1. The molecule has 0 radical (unpaired) electrons. The van der Waals surface area contributed by atoms with Gasteiger partial charge in [-0.1, -0.05) is 17.7 Å². The molecule has 14 heavy (non-hydrogen) atoms.